The lowest BCUT2D eigenvalue weighted by molar-refractivity contribution is 1.18. The fraction of sp³-hybridized carbons (Fsp3) is 0. The van der Waals surface area contributed by atoms with E-state index in [1.54, 1.807) is 0 Å². The molecule has 0 atom stereocenters. The predicted octanol–water partition coefficient (Wildman–Crippen LogP) is 15.6. The maximum Gasteiger partial charge on any atom is 0.0618 e. The highest BCUT2D eigenvalue weighted by Crippen LogP contribution is 2.47. The monoisotopic (exact) mass is 738 g/mol. The van der Waals surface area contributed by atoms with E-state index in [1.165, 1.54) is 71.2 Å². The van der Waals surface area contributed by atoms with Crippen LogP contribution in [0.1, 0.15) is 0 Å². The fourth-order valence-electron chi connectivity index (χ4n) is 8.91. The molecule has 11 rings (SSSR count). The number of fused-ring (bicyclic) bond motifs is 5. The highest BCUT2D eigenvalue weighted by atomic mass is 15.1. The third-order valence-corrected chi connectivity index (χ3v) is 11.6. The van der Waals surface area contributed by atoms with Crippen molar-refractivity contribution in [2.75, 3.05) is 4.90 Å². The standard InChI is InChI=1S/C56H38N2/c1-3-16-40(17-4-1)48-24-11-13-28-53(48)58-54-29-14-12-26-51(54)52-37-35-45(38-55(52)58)57(44-33-30-43(31-34-44)47-27-15-22-39-20-7-9-23-46(39)47)56-49-25-10-8-21-42(49)32-36-50(56)41-18-5-2-6-19-41/h1-38H. The quantitative estimate of drug-likeness (QED) is 0.158. The number of nitrogens with zero attached hydrogens (tertiary/aromatic N) is 2. The Bertz CT molecular complexity index is 3260. The van der Waals surface area contributed by atoms with Crippen LogP contribution in [0, 0.1) is 0 Å². The number of hydrogen-bond donors (Lipinski definition) is 0. The normalized spacial score (nSPS) is 11.4. The lowest BCUT2D eigenvalue weighted by atomic mass is 9.95. The third kappa shape index (κ3) is 5.66. The maximum absolute atomic E-state index is 2.47. The molecule has 0 N–H and O–H groups in total. The van der Waals surface area contributed by atoms with Gasteiger partial charge in [0.25, 0.3) is 0 Å². The highest BCUT2D eigenvalue weighted by molar-refractivity contribution is 6.12. The summed E-state index contributed by atoms with van der Waals surface area (Å²) >= 11 is 0. The Morgan fingerprint density at radius 1 is 0.293 bits per heavy atom. The molecule has 1 heterocycles. The molecule has 0 radical (unpaired) electrons. The van der Waals surface area contributed by atoms with Crippen LogP contribution in [-0.4, -0.2) is 4.57 Å². The van der Waals surface area contributed by atoms with Gasteiger partial charge in [-0.2, -0.15) is 0 Å². The van der Waals surface area contributed by atoms with E-state index in [0.29, 0.717) is 0 Å². The van der Waals surface area contributed by atoms with Gasteiger partial charge in [-0.3, -0.25) is 0 Å². The van der Waals surface area contributed by atoms with E-state index in [2.05, 4.69) is 240 Å². The van der Waals surface area contributed by atoms with Crippen molar-refractivity contribution in [1.82, 2.24) is 4.57 Å². The van der Waals surface area contributed by atoms with Crippen LogP contribution in [0.3, 0.4) is 0 Å². The third-order valence-electron chi connectivity index (χ3n) is 11.6. The molecule has 10 aromatic carbocycles. The van der Waals surface area contributed by atoms with Crippen LogP contribution < -0.4 is 4.90 Å². The second kappa shape index (κ2) is 14.1. The second-order valence-corrected chi connectivity index (χ2v) is 14.9. The molecule has 272 valence electrons. The lowest BCUT2D eigenvalue weighted by Gasteiger charge is -2.30. The summed E-state index contributed by atoms with van der Waals surface area (Å²) < 4.78 is 2.46. The summed E-state index contributed by atoms with van der Waals surface area (Å²) in [5.41, 5.74) is 14.0. The summed E-state index contributed by atoms with van der Waals surface area (Å²) in [6.07, 6.45) is 0. The number of benzene rings is 10. The average Bonchev–Trinajstić information content (AvgIpc) is 3.63. The largest absolute Gasteiger partial charge is 0.309 e. The van der Waals surface area contributed by atoms with E-state index in [1.807, 2.05) is 0 Å². The number of para-hydroxylation sites is 2. The van der Waals surface area contributed by atoms with Gasteiger partial charge in [-0.25, -0.2) is 0 Å². The Kier molecular flexibility index (Phi) is 8.19. The molecule has 0 amide bonds. The van der Waals surface area contributed by atoms with Gasteiger partial charge in [-0.15, -0.1) is 0 Å². The Morgan fingerprint density at radius 2 is 0.828 bits per heavy atom. The minimum absolute atomic E-state index is 1.08. The van der Waals surface area contributed by atoms with E-state index in [-0.39, 0.29) is 0 Å². The molecular formula is C56H38N2. The van der Waals surface area contributed by atoms with Crippen LogP contribution in [0.25, 0.3) is 82.4 Å². The number of anilines is 3. The summed E-state index contributed by atoms with van der Waals surface area (Å²) in [4.78, 5) is 2.47. The molecule has 0 aliphatic heterocycles. The van der Waals surface area contributed by atoms with Gasteiger partial charge in [-0.1, -0.05) is 194 Å². The summed E-state index contributed by atoms with van der Waals surface area (Å²) in [7, 11) is 0. The Balaban J connectivity index is 1.19. The minimum Gasteiger partial charge on any atom is -0.309 e. The van der Waals surface area contributed by atoms with Crippen molar-refractivity contribution < 1.29 is 0 Å². The Labute approximate surface area is 338 Å². The van der Waals surface area contributed by atoms with E-state index >= 15 is 0 Å². The number of rotatable bonds is 7. The predicted molar refractivity (Wildman–Crippen MR) is 247 cm³/mol. The second-order valence-electron chi connectivity index (χ2n) is 14.9. The van der Waals surface area contributed by atoms with Crippen molar-refractivity contribution in [3.05, 3.63) is 231 Å². The molecule has 0 saturated carbocycles. The summed E-state index contributed by atoms with van der Waals surface area (Å²) in [5, 5.41) is 7.33. The van der Waals surface area contributed by atoms with Crippen molar-refractivity contribution in [2.45, 2.75) is 0 Å². The smallest absolute Gasteiger partial charge is 0.0618 e. The molecule has 1 aromatic heterocycles. The first-order valence-corrected chi connectivity index (χ1v) is 19.9. The maximum atomic E-state index is 2.47. The first-order chi connectivity index (χ1) is 28.8. The van der Waals surface area contributed by atoms with Crippen LogP contribution >= 0.6 is 0 Å². The summed E-state index contributed by atoms with van der Waals surface area (Å²) in [6.45, 7) is 0. The molecule has 0 aliphatic rings. The first-order valence-electron chi connectivity index (χ1n) is 19.9. The van der Waals surface area contributed by atoms with Crippen LogP contribution in [0.4, 0.5) is 17.1 Å². The van der Waals surface area contributed by atoms with Gasteiger partial charge in [0.15, 0.2) is 0 Å². The molecule has 58 heavy (non-hydrogen) atoms. The van der Waals surface area contributed by atoms with Crippen LogP contribution in [0.15, 0.2) is 231 Å². The molecule has 2 heteroatoms. The van der Waals surface area contributed by atoms with Gasteiger partial charge in [0, 0.05) is 38.7 Å². The highest BCUT2D eigenvalue weighted by Gasteiger charge is 2.23. The van der Waals surface area contributed by atoms with Crippen molar-refractivity contribution in [3.63, 3.8) is 0 Å². The molecule has 0 bridgehead atoms. The van der Waals surface area contributed by atoms with Crippen molar-refractivity contribution in [3.8, 4) is 39.1 Å². The molecular weight excluding hydrogens is 701 g/mol. The SMILES string of the molecule is c1ccc(-c2ccccc2-n2c3ccccc3c3ccc(N(c4ccc(-c5cccc6ccccc56)cc4)c4c(-c5ccccc5)ccc5ccccc45)cc32)cc1. The molecule has 0 spiro atoms. The van der Waals surface area contributed by atoms with E-state index in [9.17, 15) is 0 Å². The van der Waals surface area contributed by atoms with Gasteiger partial charge < -0.3 is 9.47 Å². The van der Waals surface area contributed by atoms with Gasteiger partial charge in [0.1, 0.15) is 0 Å². The zero-order valence-electron chi connectivity index (χ0n) is 31.8. The van der Waals surface area contributed by atoms with Crippen molar-refractivity contribution in [1.29, 1.82) is 0 Å². The topological polar surface area (TPSA) is 8.17 Å². The molecule has 11 aromatic rings. The first kappa shape index (κ1) is 33.6. The minimum atomic E-state index is 1.08. The Hall–Kier alpha value is -7.68. The zero-order valence-corrected chi connectivity index (χ0v) is 31.8. The van der Waals surface area contributed by atoms with Gasteiger partial charge in [0.05, 0.1) is 22.4 Å². The van der Waals surface area contributed by atoms with Gasteiger partial charge >= 0.3 is 0 Å². The van der Waals surface area contributed by atoms with E-state index in [4.69, 9.17) is 0 Å². The van der Waals surface area contributed by atoms with Gasteiger partial charge in [-0.05, 0) is 74.8 Å². The molecule has 0 aliphatic carbocycles. The lowest BCUT2D eigenvalue weighted by Crippen LogP contribution is -2.12. The Morgan fingerprint density at radius 3 is 1.60 bits per heavy atom. The summed E-state index contributed by atoms with van der Waals surface area (Å²) in [6, 6.07) is 83.8. The van der Waals surface area contributed by atoms with Crippen LogP contribution in [0.2, 0.25) is 0 Å². The molecule has 2 nitrogen and oxygen atoms in total. The fourth-order valence-corrected chi connectivity index (χ4v) is 8.91. The average molecular weight is 739 g/mol. The van der Waals surface area contributed by atoms with Crippen LogP contribution in [0.5, 0.6) is 0 Å². The number of aromatic nitrogens is 1. The number of hydrogen-bond acceptors (Lipinski definition) is 1. The van der Waals surface area contributed by atoms with E-state index in [0.717, 1.165) is 28.3 Å². The van der Waals surface area contributed by atoms with Crippen molar-refractivity contribution in [2.24, 2.45) is 0 Å². The zero-order chi connectivity index (χ0) is 38.4. The van der Waals surface area contributed by atoms with E-state index < -0.39 is 0 Å². The van der Waals surface area contributed by atoms with Gasteiger partial charge in [0.2, 0.25) is 0 Å². The van der Waals surface area contributed by atoms with Crippen molar-refractivity contribution >= 4 is 60.4 Å². The summed E-state index contributed by atoms with van der Waals surface area (Å²) in [5.74, 6) is 0. The molecule has 0 fully saturated rings. The van der Waals surface area contributed by atoms with Crippen LogP contribution in [-0.2, 0) is 0 Å². The molecule has 0 unspecified atom stereocenters. The molecule has 0 saturated heterocycles.